The van der Waals surface area contributed by atoms with Gasteiger partial charge in [-0.2, -0.15) is 5.26 Å². The first-order valence-corrected chi connectivity index (χ1v) is 8.16. The quantitative estimate of drug-likeness (QED) is 0.652. The smallest absolute Gasteiger partial charge is 0.266 e. The number of sulfonamides is 1. The Kier molecular flexibility index (Phi) is 5.08. The highest BCUT2D eigenvalue weighted by molar-refractivity contribution is 7.89. The Labute approximate surface area is 138 Å². The van der Waals surface area contributed by atoms with Gasteiger partial charge in [-0.15, -0.1) is 0 Å². The van der Waals surface area contributed by atoms with Crippen molar-refractivity contribution in [3.05, 3.63) is 65.5 Å². The van der Waals surface area contributed by atoms with Crippen LogP contribution < -0.4 is 10.5 Å². The minimum atomic E-state index is -3.83. The van der Waals surface area contributed by atoms with Crippen LogP contribution in [0.25, 0.3) is 6.08 Å². The summed E-state index contributed by atoms with van der Waals surface area (Å²) in [5.41, 5.74) is 0.426. The lowest BCUT2D eigenvalue weighted by Crippen LogP contribution is -2.14. The summed E-state index contributed by atoms with van der Waals surface area (Å²) in [6.45, 7) is 0. The predicted molar refractivity (Wildman–Crippen MR) is 86.4 cm³/mol. The lowest BCUT2D eigenvalue weighted by molar-refractivity contribution is -0.112. The van der Waals surface area contributed by atoms with Gasteiger partial charge in [0.2, 0.25) is 10.0 Å². The van der Waals surface area contributed by atoms with Gasteiger partial charge in [0, 0.05) is 5.69 Å². The SMILES string of the molecule is N#CC(=Cc1cccc(F)c1)C(=O)Nc1ccc(S(N)(=O)=O)cc1. The molecule has 0 aliphatic heterocycles. The minimum Gasteiger partial charge on any atom is -0.321 e. The molecule has 0 radical (unpaired) electrons. The van der Waals surface area contributed by atoms with Gasteiger partial charge in [-0.25, -0.2) is 17.9 Å². The number of nitrogens with zero attached hydrogens (tertiary/aromatic N) is 1. The summed E-state index contributed by atoms with van der Waals surface area (Å²) < 4.78 is 35.5. The number of hydrogen-bond donors (Lipinski definition) is 2. The van der Waals surface area contributed by atoms with Crippen molar-refractivity contribution >= 4 is 27.7 Å². The van der Waals surface area contributed by atoms with Crippen molar-refractivity contribution in [2.45, 2.75) is 4.90 Å². The number of primary sulfonamides is 1. The van der Waals surface area contributed by atoms with Crippen LogP contribution >= 0.6 is 0 Å². The molecule has 0 spiro atoms. The Bertz CT molecular complexity index is 945. The van der Waals surface area contributed by atoms with E-state index in [2.05, 4.69) is 5.32 Å². The molecule has 0 unspecified atom stereocenters. The van der Waals surface area contributed by atoms with E-state index in [9.17, 15) is 17.6 Å². The molecule has 1 amide bonds. The second-order valence-electron chi connectivity index (χ2n) is 4.75. The molecule has 24 heavy (non-hydrogen) atoms. The number of amides is 1. The molecule has 0 atom stereocenters. The maximum absolute atomic E-state index is 13.1. The van der Waals surface area contributed by atoms with E-state index in [1.807, 2.05) is 0 Å². The van der Waals surface area contributed by atoms with Gasteiger partial charge in [0.05, 0.1) is 4.90 Å². The lowest BCUT2D eigenvalue weighted by atomic mass is 10.1. The standard InChI is InChI=1S/C16H12FN3O3S/c17-13-3-1-2-11(9-13)8-12(10-18)16(21)20-14-4-6-15(7-5-14)24(19,22)23/h1-9H,(H,20,21)(H2,19,22,23). The molecule has 3 N–H and O–H groups in total. The average molecular weight is 345 g/mol. The van der Waals surface area contributed by atoms with E-state index in [-0.39, 0.29) is 16.2 Å². The van der Waals surface area contributed by atoms with Gasteiger partial charge < -0.3 is 5.32 Å². The molecule has 0 saturated carbocycles. The molecule has 0 aliphatic rings. The highest BCUT2D eigenvalue weighted by atomic mass is 32.2. The molecule has 0 heterocycles. The number of anilines is 1. The van der Waals surface area contributed by atoms with Gasteiger partial charge in [-0.05, 0) is 48.0 Å². The first kappa shape index (κ1) is 17.3. The Morgan fingerprint density at radius 1 is 1.21 bits per heavy atom. The fourth-order valence-corrected chi connectivity index (χ4v) is 2.35. The van der Waals surface area contributed by atoms with Crippen molar-refractivity contribution in [1.82, 2.24) is 0 Å². The number of carbonyl (C=O) groups is 1. The molecular formula is C16H12FN3O3S. The number of nitrogens with two attached hydrogens (primary N) is 1. The normalized spacial score (nSPS) is 11.6. The van der Waals surface area contributed by atoms with E-state index in [0.717, 1.165) is 0 Å². The Morgan fingerprint density at radius 3 is 2.42 bits per heavy atom. The maximum atomic E-state index is 13.1. The van der Waals surface area contributed by atoms with Crippen molar-refractivity contribution < 1.29 is 17.6 Å². The number of rotatable bonds is 4. The molecule has 8 heteroatoms. The van der Waals surface area contributed by atoms with Crippen LogP contribution in [0.3, 0.4) is 0 Å². The van der Waals surface area contributed by atoms with E-state index in [1.165, 1.54) is 48.5 Å². The minimum absolute atomic E-state index is 0.101. The second kappa shape index (κ2) is 7.04. The van der Waals surface area contributed by atoms with E-state index in [1.54, 1.807) is 12.1 Å². The Hall–Kier alpha value is -3.02. The fraction of sp³-hybridized carbons (Fsp3) is 0. The van der Waals surface area contributed by atoms with Crippen LogP contribution in [0.15, 0.2) is 59.0 Å². The maximum Gasteiger partial charge on any atom is 0.266 e. The molecule has 0 aliphatic carbocycles. The van der Waals surface area contributed by atoms with Crippen molar-refractivity contribution in [3.8, 4) is 6.07 Å². The van der Waals surface area contributed by atoms with E-state index >= 15 is 0 Å². The van der Waals surface area contributed by atoms with Crippen molar-refractivity contribution in [1.29, 1.82) is 5.26 Å². The van der Waals surface area contributed by atoms with Crippen molar-refractivity contribution in [2.75, 3.05) is 5.32 Å². The van der Waals surface area contributed by atoms with Gasteiger partial charge in [-0.3, -0.25) is 4.79 Å². The van der Waals surface area contributed by atoms with Crippen LogP contribution in [0, 0.1) is 17.1 Å². The van der Waals surface area contributed by atoms with Gasteiger partial charge >= 0.3 is 0 Å². The Morgan fingerprint density at radius 2 is 1.88 bits per heavy atom. The van der Waals surface area contributed by atoms with Crippen LogP contribution in [-0.2, 0) is 14.8 Å². The van der Waals surface area contributed by atoms with Gasteiger partial charge in [0.25, 0.3) is 5.91 Å². The van der Waals surface area contributed by atoms with Gasteiger partial charge in [0.15, 0.2) is 0 Å². The van der Waals surface area contributed by atoms with Crippen LogP contribution in [0.4, 0.5) is 10.1 Å². The number of hydrogen-bond acceptors (Lipinski definition) is 4. The third-order valence-corrected chi connectivity index (χ3v) is 3.89. The zero-order valence-electron chi connectivity index (χ0n) is 12.2. The van der Waals surface area contributed by atoms with Gasteiger partial charge in [-0.1, -0.05) is 12.1 Å². The molecule has 2 aromatic carbocycles. The number of nitrogens with one attached hydrogen (secondary N) is 1. The molecule has 0 aromatic heterocycles. The number of benzene rings is 2. The first-order valence-electron chi connectivity index (χ1n) is 6.61. The molecule has 122 valence electrons. The zero-order chi connectivity index (χ0) is 17.7. The molecule has 0 bridgehead atoms. The van der Waals surface area contributed by atoms with E-state index in [4.69, 9.17) is 10.4 Å². The van der Waals surface area contributed by atoms with E-state index < -0.39 is 21.7 Å². The first-order chi connectivity index (χ1) is 11.3. The predicted octanol–water partition coefficient (Wildman–Crippen LogP) is 2.02. The van der Waals surface area contributed by atoms with Crippen LogP contribution in [0.5, 0.6) is 0 Å². The summed E-state index contributed by atoms with van der Waals surface area (Å²) in [6.07, 6.45) is 1.25. The van der Waals surface area contributed by atoms with Crippen molar-refractivity contribution in [3.63, 3.8) is 0 Å². The Balaban J connectivity index is 2.20. The summed E-state index contributed by atoms with van der Waals surface area (Å²) in [7, 11) is -3.83. The molecule has 6 nitrogen and oxygen atoms in total. The summed E-state index contributed by atoms with van der Waals surface area (Å²) in [4.78, 5) is 12.0. The van der Waals surface area contributed by atoms with Crippen molar-refractivity contribution in [2.24, 2.45) is 5.14 Å². The molecule has 0 fully saturated rings. The largest absolute Gasteiger partial charge is 0.321 e. The highest BCUT2D eigenvalue weighted by Crippen LogP contribution is 2.15. The lowest BCUT2D eigenvalue weighted by Gasteiger charge is -2.05. The average Bonchev–Trinajstić information content (AvgIpc) is 2.52. The molecule has 2 aromatic rings. The summed E-state index contributed by atoms with van der Waals surface area (Å²) >= 11 is 0. The van der Waals surface area contributed by atoms with Gasteiger partial charge in [0.1, 0.15) is 17.5 Å². The summed E-state index contributed by atoms with van der Waals surface area (Å²) in [6, 6.07) is 12.3. The monoisotopic (exact) mass is 345 g/mol. The summed E-state index contributed by atoms with van der Waals surface area (Å²) in [5, 5.41) is 16.5. The van der Waals surface area contributed by atoms with Crippen LogP contribution in [-0.4, -0.2) is 14.3 Å². The van der Waals surface area contributed by atoms with Crippen LogP contribution in [0.1, 0.15) is 5.56 Å². The highest BCUT2D eigenvalue weighted by Gasteiger charge is 2.11. The molecule has 0 saturated heterocycles. The van der Waals surface area contributed by atoms with Crippen LogP contribution in [0.2, 0.25) is 0 Å². The number of nitriles is 1. The number of carbonyl (C=O) groups excluding carboxylic acids is 1. The zero-order valence-corrected chi connectivity index (χ0v) is 13.0. The number of halogens is 1. The topological polar surface area (TPSA) is 113 Å². The molecular weight excluding hydrogens is 333 g/mol. The summed E-state index contributed by atoms with van der Waals surface area (Å²) in [5.74, 6) is -1.19. The third-order valence-electron chi connectivity index (χ3n) is 2.97. The second-order valence-corrected chi connectivity index (χ2v) is 6.31. The van der Waals surface area contributed by atoms with E-state index in [0.29, 0.717) is 5.56 Å². The molecule has 2 rings (SSSR count). The third kappa shape index (κ3) is 4.49. The fourth-order valence-electron chi connectivity index (χ4n) is 1.84.